The quantitative estimate of drug-likeness (QED) is 0.826. The van der Waals surface area contributed by atoms with Crippen molar-refractivity contribution in [1.82, 2.24) is 0 Å². The van der Waals surface area contributed by atoms with Crippen LogP contribution in [0.15, 0.2) is 0 Å². The highest BCUT2D eigenvalue weighted by molar-refractivity contribution is 7.99. The molecule has 1 saturated carbocycles. The van der Waals surface area contributed by atoms with Crippen molar-refractivity contribution < 1.29 is 14.6 Å². The van der Waals surface area contributed by atoms with Crippen LogP contribution >= 0.6 is 11.8 Å². The maximum absolute atomic E-state index is 10.7. The van der Waals surface area contributed by atoms with Gasteiger partial charge >= 0.3 is 5.97 Å². The van der Waals surface area contributed by atoms with Gasteiger partial charge in [0.05, 0.1) is 6.10 Å². The van der Waals surface area contributed by atoms with Gasteiger partial charge in [0.2, 0.25) is 0 Å². The fourth-order valence-electron chi connectivity index (χ4n) is 2.49. The highest BCUT2D eigenvalue weighted by Gasteiger charge is 2.30. The normalized spacial score (nSPS) is 31.8. The van der Waals surface area contributed by atoms with Crippen molar-refractivity contribution in [2.24, 2.45) is 0 Å². The van der Waals surface area contributed by atoms with Crippen LogP contribution in [0.1, 0.15) is 44.9 Å². The summed E-state index contributed by atoms with van der Waals surface area (Å²) in [4.78, 5) is 10.7. The summed E-state index contributed by atoms with van der Waals surface area (Å²) in [6.07, 6.45) is 8.01. The number of carbonyl (C=O) groups is 1. The van der Waals surface area contributed by atoms with Crippen LogP contribution in [0.25, 0.3) is 0 Å². The third-order valence-electron chi connectivity index (χ3n) is 3.45. The summed E-state index contributed by atoms with van der Waals surface area (Å²) in [6.45, 7) is 0. The maximum atomic E-state index is 10.7. The van der Waals surface area contributed by atoms with Crippen LogP contribution < -0.4 is 0 Å². The second-order valence-electron chi connectivity index (χ2n) is 4.76. The van der Waals surface area contributed by atoms with Gasteiger partial charge in [-0.05, 0) is 25.7 Å². The Bertz CT molecular complexity index is 238. The standard InChI is InChI=1S/C12H20O3S/c13-12(14)11-7-6-9(15-11)8-16-10-4-2-1-3-5-10/h9-11H,1-8H2,(H,13,14). The van der Waals surface area contributed by atoms with Crippen LogP contribution in [0.3, 0.4) is 0 Å². The number of carboxylic acid groups (broad SMARTS) is 1. The molecule has 2 fully saturated rings. The van der Waals surface area contributed by atoms with Gasteiger partial charge in [-0.15, -0.1) is 0 Å². The molecule has 0 aromatic carbocycles. The lowest BCUT2D eigenvalue weighted by atomic mass is 10.0. The van der Waals surface area contributed by atoms with E-state index in [0.29, 0.717) is 6.42 Å². The molecular weight excluding hydrogens is 224 g/mol. The molecule has 0 bridgehead atoms. The second kappa shape index (κ2) is 5.92. The third kappa shape index (κ3) is 3.39. The zero-order chi connectivity index (χ0) is 11.4. The molecular formula is C12H20O3S. The average Bonchev–Trinajstić information content (AvgIpc) is 2.76. The molecule has 0 amide bonds. The Kier molecular flexibility index (Phi) is 4.53. The molecule has 2 unspecified atom stereocenters. The fourth-order valence-corrected chi connectivity index (χ4v) is 3.88. The van der Waals surface area contributed by atoms with Crippen LogP contribution in [0.2, 0.25) is 0 Å². The zero-order valence-electron chi connectivity index (χ0n) is 9.56. The molecule has 2 rings (SSSR count). The molecule has 1 aliphatic carbocycles. The molecule has 0 aromatic heterocycles. The van der Waals surface area contributed by atoms with Crippen LogP contribution in [0.4, 0.5) is 0 Å². The van der Waals surface area contributed by atoms with Gasteiger partial charge in [-0.2, -0.15) is 11.8 Å². The van der Waals surface area contributed by atoms with E-state index >= 15 is 0 Å². The Balaban J connectivity index is 1.65. The molecule has 1 heterocycles. The molecule has 2 atom stereocenters. The molecule has 16 heavy (non-hydrogen) atoms. The third-order valence-corrected chi connectivity index (χ3v) is 4.96. The van der Waals surface area contributed by atoms with Gasteiger partial charge in [-0.3, -0.25) is 0 Å². The Morgan fingerprint density at radius 3 is 2.56 bits per heavy atom. The fraction of sp³-hybridized carbons (Fsp3) is 0.917. The Morgan fingerprint density at radius 1 is 1.19 bits per heavy atom. The van der Waals surface area contributed by atoms with E-state index in [4.69, 9.17) is 9.84 Å². The molecule has 4 heteroatoms. The Labute approximate surface area is 101 Å². The van der Waals surface area contributed by atoms with Gasteiger partial charge in [0, 0.05) is 11.0 Å². The summed E-state index contributed by atoms with van der Waals surface area (Å²) in [5.41, 5.74) is 0. The van der Waals surface area contributed by atoms with Gasteiger partial charge in [0.1, 0.15) is 0 Å². The van der Waals surface area contributed by atoms with Crippen molar-refractivity contribution in [2.75, 3.05) is 5.75 Å². The number of carboxylic acids is 1. The number of rotatable bonds is 4. The van der Waals surface area contributed by atoms with Gasteiger partial charge in [-0.25, -0.2) is 4.79 Å². The van der Waals surface area contributed by atoms with E-state index in [1.54, 1.807) is 0 Å². The minimum Gasteiger partial charge on any atom is -0.479 e. The average molecular weight is 244 g/mol. The van der Waals surface area contributed by atoms with Crippen LogP contribution in [0.5, 0.6) is 0 Å². The van der Waals surface area contributed by atoms with Crippen molar-refractivity contribution in [3.63, 3.8) is 0 Å². The largest absolute Gasteiger partial charge is 0.479 e. The van der Waals surface area contributed by atoms with Gasteiger partial charge in [0.25, 0.3) is 0 Å². The minimum atomic E-state index is -0.801. The predicted molar refractivity (Wildman–Crippen MR) is 64.9 cm³/mol. The van der Waals surface area contributed by atoms with Gasteiger partial charge in [-0.1, -0.05) is 19.3 Å². The summed E-state index contributed by atoms with van der Waals surface area (Å²) in [5, 5.41) is 9.61. The van der Waals surface area contributed by atoms with Crippen molar-refractivity contribution in [2.45, 2.75) is 62.4 Å². The van der Waals surface area contributed by atoms with Crippen LogP contribution in [-0.2, 0) is 9.53 Å². The first-order chi connectivity index (χ1) is 7.75. The minimum absolute atomic E-state index is 0.174. The smallest absolute Gasteiger partial charge is 0.332 e. The summed E-state index contributed by atoms with van der Waals surface area (Å²) in [5.74, 6) is 0.180. The van der Waals surface area contributed by atoms with Crippen molar-refractivity contribution in [3.05, 3.63) is 0 Å². The number of ether oxygens (including phenoxy) is 1. The lowest BCUT2D eigenvalue weighted by molar-refractivity contribution is -0.148. The van der Waals surface area contributed by atoms with E-state index in [1.807, 2.05) is 11.8 Å². The molecule has 1 aliphatic heterocycles. The second-order valence-corrected chi connectivity index (χ2v) is 6.09. The number of hydrogen-bond acceptors (Lipinski definition) is 3. The van der Waals surface area contributed by atoms with E-state index in [9.17, 15) is 4.79 Å². The van der Waals surface area contributed by atoms with E-state index in [2.05, 4.69) is 0 Å². The molecule has 0 aromatic rings. The summed E-state index contributed by atoms with van der Waals surface area (Å²) in [7, 11) is 0. The first-order valence-electron chi connectivity index (χ1n) is 6.25. The monoisotopic (exact) mass is 244 g/mol. The van der Waals surface area contributed by atoms with Crippen LogP contribution in [-0.4, -0.2) is 34.3 Å². The highest BCUT2D eigenvalue weighted by atomic mass is 32.2. The predicted octanol–water partition coefficient (Wildman–Crippen LogP) is 2.68. The Hall–Kier alpha value is -0.220. The summed E-state index contributed by atoms with van der Waals surface area (Å²) < 4.78 is 5.49. The zero-order valence-corrected chi connectivity index (χ0v) is 10.4. The highest BCUT2D eigenvalue weighted by Crippen LogP contribution is 2.31. The van der Waals surface area contributed by atoms with E-state index in [1.165, 1.54) is 32.1 Å². The first kappa shape index (κ1) is 12.2. The molecule has 1 N–H and O–H groups in total. The lowest BCUT2D eigenvalue weighted by Crippen LogP contribution is -2.22. The first-order valence-corrected chi connectivity index (χ1v) is 7.30. The van der Waals surface area contributed by atoms with Crippen LogP contribution in [0, 0.1) is 0 Å². The van der Waals surface area contributed by atoms with Gasteiger partial charge in [0.15, 0.2) is 6.10 Å². The number of hydrogen-bond donors (Lipinski definition) is 1. The van der Waals surface area contributed by atoms with E-state index in [0.717, 1.165) is 17.4 Å². The lowest BCUT2D eigenvalue weighted by Gasteiger charge is -2.22. The number of thioether (sulfide) groups is 1. The topological polar surface area (TPSA) is 46.5 Å². The molecule has 2 aliphatic rings. The summed E-state index contributed by atoms with van der Waals surface area (Å²) >= 11 is 1.99. The number of aliphatic carboxylic acids is 1. The van der Waals surface area contributed by atoms with E-state index in [-0.39, 0.29) is 6.10 Å². The van der Waals surface area contributed by atoms with Crippen molar-refractivity contribution >= 4 is 17.7 Å². The maximum Gasteiger partial charge on any atom is 0.332 e. The molecule has 3 nitrogen and oxygen atoms in total. The van der Waals surface area contributed by atoms with Crippen molar-refractivity contribution in [3.8, 4) is 0 Å². The molecule has 0 radical (unpaired) electrons. The van der Waals surface area contributed by atoms with E-state index < -0.39 is 12.1 Å². The molecule has 0 spiro atoms. The molecule has 1 saturated heterocycles. The van der Waals surface area contributed by atoms with Crippen molar-refractivity contribution in [1.29, 1.82) is 0 Å². The van der Waals surface area contributed by atoms with Gasteiger partial charge < -0.3 is 9.84 Å². The molecule has 92 valence electrons. The SMILES string of the molecule is O=C(O)C1CCC(CSC2CCCCC2)O1. The Morgan fingerprint density at radius 2 is 1.94 bits per heavy atom. The summed E-state index contributed by atoms with van der Waals surface area (Å²) in [6, 6.07) is 0.